The van der Waals surface area contributed by atoms with E-state index in [2.05, 4.69) is 28.4 Å². The van der Waals surface area contributed by atoms with Gasteiger partial charge in [-0.25, -0.2) is 0 Å². The van der Waals surface area contributed by atoms with Crippen LogP contribution < -0.4 is 16.0 Å². The number of rotatable bonds is 1. The lowest BCUT2D eigenvalue weighted by atomic mass is 10.1. The molecule has 3 nitrogen and oxygen atoms in total. The molecule has 86 valence electrons. The van der Waals surface area contributed by atoms with Crippen LogP contribution in [0.25, 0.3) is 0 Å². The summed E-state index contributed by atoms with van der Waals surface area (Å²) in [6.45, 7) is 4.42. The van der Waals surface area contributed by atoms with E-state index in [-0.39, 0.29) is 6.04 Å². The topological polar surface area (TPSA) is 41.3 Å². The summed E-state index contributed by atoms with van der Waals surface area (Å²) < 4.78 is 0. The Morgan fingerprint density at radius 1 is 1.25 bits per heavy atom. The molecule has 3 heteroatoms. The van der Waals surface area contributed by atoms with Crippen LogP contribution in [0.3, 0.4) is 0 Å². The SMILES string of the molecule is NC1CCc2c1cccc2N1CCNCC1. The molecule has 1 fully saturated rings. The van der Waals surface area contributed by atoms with Crippen molar-refractivity contribution in [3.63, 3.8) is 0 Å². The summed E-state index contributed by atoms with van der Waals surface area (Å²) in [4.78, 5) is 2.49. The smallest absolute Gasteiger partial charge is 0.0403 e. The molecular formula is C13H19N3. The Labute approximate surface area is 96.6 Å². The van der Waals surface area contributed by atoms with E-state index in [1.165, 1.54) is 16.8 Å². The van der Waals surface area contributed by atoms with Gasteiger partial charge in [0, 0.05) is 37.9 Å². The molecule has 3 N–H and O–H groups in total. The summed E-state index contributed by atoms with van der Waals surface area (Å²) in [6.07, 6.45) is 2.26. The van der Waals surface area contributed by atoms with Crippen molar-refractivity contribution in [1.29, 1.82) is 0 Å². The molecule has 16 heavy (non-hydrogen) atoms. The van der Waals surface area contributed by atoms with Crippen molar-refractivity contribution in [3.05, 3.63) is 29.3 Å². The average Bonchev–Trinajstić information content (AvgIpc) is 2.73. The van der Waals surface area contributed by atoms with Crippen molar-refractivity contribution in [2.75, 3.05) is 31.1 Å². The van der Waals surface area contributed by atoms with Gasteiger partial charge < -0.3 is 16.0 Å². The lowest BCUT2D eigenvalue weighted by Gasteiger charge is -2.31. The van der Waals surface area contributed by atoms with Gasteiger partial charge in [0.2, 0.25) is 0 Å². The molecule has 1 saturated heterocycles. The van der Waals surface area contributed by atoms with E-state index >= 15 is 0 Å². The number of anilines is 1. The highest BCUT2D eigenvalue weighted by Gasteiger charge is 2.23. The number of nitrogens with two attached hydrogens (primary N) is 1. The van der Waals surface area contributed by atoms with Gasteiger partial charge in [-0.3, -0.25) is 0 Å². The quantitative estimate of drug-likeness (QED) is 0.738. The monoisotopic (exact) mass is 217 g/mol. The highest BCUT2D eigenvalue weighted by molar-refractivity contribution is 5.59. The third-order valence-electron chi connectivity index (χ3n) is 3.75. The van der Waals surface area contributed by atoms with Gasteiger partial charge in [-0.1, -0.05) is 12.1 Å². The maximum Gasteiger partial charge on any atom is 0.0403 e. The minimum atomic E-state index is 0.262. The van der Waals surface area contributed by atoms with Gasteiger partial charge >= 0.3 is 0 Å². The lowest BCUT2D eigenvalue weighted by molar-refractivity contribution is 0.588. The van der Waals surface area contributed by atoms with Crippen LogP contribution in [-0.2, 0) is 6.42 Å². The van der Waals surface area contributed by atoms with Crippen molar-refractivity contribution in [1.82, 2.24) is 5.32 Å². The minimum Gasteiger partial charge on any atom is -0.369 e. The Bertz CT molecular complexity index is 383. The Balaban J connectivity index is 1.95. The largest absolute Gasteiger partial charge is 0.369 e. The van der Waals surface area contributed by atoms with Gasteiger partial charge in [0.15, 0.2) is 0 Å². The van der Waals surface area contributed by atoms with Gasteiger partial charge in [0.25, 0.3) is 0 Å². The minimum absolute atomic E-state index is 0.262. The van der Waals surface area contributed by atoms with Crippen LogP contribution in [0, 0.1) is 0 Å². The molecule has 0 spiro atoms. The van der Waals surface area contributed by atoms with Gasteiger partial charge in [-0.05, 0) is 30.0 Å². The fraction of sp³-hybridized carbons (Fsp3) is 0.538. The second-order valence-corrected chi connectivity index (χ2v) is 4.73. The first-order valence-electron chi connectivity index (χ1n) is 6.19. The maximum atomic E-state index is 6.11. The van der Waals surface area contributed by atoms with Gasteiger partial charge in [0.1, 0.15) is 0 Å². The number of hydrogen-bond donors (Lipinski definition) is 2. The average molecular weight is 217 g/mol. The fourth-order valence-electron chi connectivity index (χ4n) is 2.87. The van der Waals surface area contributed by atoms with E-state index in [4.69, 9.17) is 5.73 Å². The predicted molar refractivity (Wildman–Crippen MR) is 66.8 cm³/mol. The number of benzene rings is 1. The van der Waals surface area contributed by atoms with Crippen LogP contribution in [0.2, 0.25) is 0 Å². The first-order chi connectivity index (χ1) is 7.86. The second-order valence-electron chi connectivity index (χ2n) is 4.73. The Hall–Kier alpha value is -1.06. The van der Waals surface area contributed by atoms with Crippen LogP contribution in [0.1, 0.15) is 23.6 Å². The Morgan fingerprint density at radius 3 is 2.88 bits per heavy atom. The highest BCUT2D eigenvalue weighted by Crippen LogP contribution is 2.35. The number of nitrogens with one attached hydrogen (secondary N) is 1. The third-order valence-corrected chi connectivity index (χ3v) is 3.75. The van der Waals surface area contributed by atoms with Crippen molar-refractivity contribution < 1.29 is 0 Å². The highest BCUT2D eigenvalue weighted by atomic mass is 15.2. The van der Waals surface area contributed by atoms with Gasteiger partial charge in [-0.15, -0.1) is 0 Å². The van der Waals surface area contributed by atoms with Crippen LogP contribution in [0.4, 0.5) is 5.69 Å². The molecule has 1 heterocycles. The zero-order valence-electron chi connectivity index (χ0n) is 9.58. The molecule has 1 aromatic rings. The fourth-order valence-corrected chi connectivity index (χ4v) is 2.87. The number of hydrogen-bond acceptors (Lipinski definition) is 3. The van der Waals surface area contributed by atoms with Crippen LogP contribution in [-0.4, -0.2) is 26.2 Å². The Morgan fingerprint density at radius 2 is 2.06 bits per heavy atom. The van der Waals surface area contributed by atoms with Crippen molar-refractivity contribution in [3.8, 4) is 0 Å². The molecule has 3 rings (SSSR count). The van der Waals surface area contributed by atoms with E-state index in [1.54, 1.807) is 0 Å². The molecule has 2 aliphatic rings. The molecule has 1 aromatic carbocycles. The molecule has 1 aliphatic carbocycles. The molecule has 1 unspecified atom stereocenters. The van der Waals surface area contributed by atoms with Crippen LogP contribution >= 0.6 is 0 Å². The number of fused-ring (bicyclic) bond motifs is 1. The van der Waals surface area contributed by atoms with Gasteiger partial charge in [-0.2, -0.15) is 0 Å². The van der Waals surface area contributed by atoms with E-state index in [1.807, 2.05) is 0 Å². The third kappa shape index (κ3) is 1.60. The molecular weight excluding hydrogens is 198 g/mol. The number of nitrogens with zero attached hydrogens (tertiary/aromatic N) is 1. The van der Waals surface area contributed by atoms with Crippen molar-refractivity contribution in [2.24, 2.45) is 5.73 Å². The lowest BCUT2D eigenvalue weighted by Crippen LogP contribution is -2.43. The summed E-state index contributed by atoms with van der Waals surface area (Å²) in [5, 5.41) is 3.39. The molecule has 1 aliphatic heterocycles. The number of piperazine rings is 1. The first-order valence-corrected chi connectivity index (χ1v) is 6.19. The molecule has 0 saturated carbocycles. The summed E-state index contributed by atoms with van der Waals surface area (Å²) >= 11 is 0. The second kappa shape index (κ2) is 4.07. The van der Waals surface area contributed by atoms with Crippen molar-refractivity contribution in [2.45, 2.75) is 18.9 Å². The predicted octanol–water partition coefficient (Wildman–Crippen LogP) is 1.04. The molecule has 0 aromatic heterocycles. The Kier molecular flexibility index (Phi) is 2.58. The summed E-state index contributed by atoms with van der Waals surface area (Å²) in [7, 11) is 0. The summed E-state index contributed by atoms with van der Waals surface area (Å²) in [5.41, 5.74) is 10.4. The normalized spacial score (nSPS) is 24.6. The zero-order chi connectivity index (χ0) is 11.0. The zero-order valence-corrected chi connectivity index (χ0v) is 9.58. The van der Waals surface area contributed by atoms with E-state index < -0.39 is 0 Å². The van der Waals surface area contributed by atoms with Crippen molar-refractivity contribution >= 4 is 5.69 Å². The molecule has 0 bridgehead atoms. The van der Waals surface area contributed by atoms with E-state index in [9.17, 15) is 0 Å². The van der Waals surface area contributed by atoms with Crippen LogP contribution in [0.15, 0.2) is 18.2 Å². The molecule has 0 radical (unpaired) electrons. The summed E-state index contributed by atoms with van der Waals surface area (Å²) in [6, 6.07) is 6.86. The molecule has 1 atom stereocenters. The van der Waals surface area contributed by atoms with E-state index in [0.717, 1.165) is 39.0 Å². The maximum absolute atomic E-state index is 6.11. The summed E-state index contributed by atoms with van der Waals surface area (Å²) in [5.74, 6) is 0. The van der Waals surface area contributed by atoms with Crippen LogP contribution in [0.5, 0.6) is 0 Å². The van der Waals surface area contributed by atoms with E-state index in [0.29, 0.717) is 0 Å². The standard InChI is InChI=1S/C13H19N3/c14-12-5-4-11-10(12)2-1-3-13(11)16-8-6-15-7-9-16/h1-3,12,15H,4-9,14H2. The molecule has 0 amide bonds. The van der Waals surface area contributed by atoms with Gasteiger partial charge in [0.05, 0.1) is 0 Å². The first kappa shape index (κ1) is 10.1.